The lowest BCUT2D eigenvalue weighted by Gasteiger charge is -2.32. The topological polar surface area (TPSA) is 34.0 Å². The molecule has 1 aliphatic rings. The van der Waals surface area contributed by atoms with E-state index in [-0.39, 0.29) is 0 Å². The van der Waals surface area contributed by atoms with Crippen molar-refractivity contribution in [1.82, 2.24) is 14.5 Å². The molecule has 5 heteroatoms. The number of aromatic nitrogens is 3. The number of halogens is 1. The number of benzene rings is 2. The van der Waals surface area contributed by atoms with E-state index in [2.05, 4.69) is 59.0 Å². The molecule has 0 spiro atoms. The zero-order valence-electron chi connectivity index (χ0n) is 17.3. The van der Waals surface area contributed by atoms with Gasteiger partial charge in [-0.25, -0.2) is 9.97 Å². The Labute approximate surface area is 182 Å². The zero-order valence-corrected chi connectivity index (χ0v) is 18.1. The second kappa shape index (κ2) is 7.77. The average Bonchev–Trinajstić information content (AvgIpc) is 3.16. The summed E-state index contributed by atoms with van der Waals surface area (Å²) in [6.07, 6.45) is 6.34. The standard InChI is InChI=1S/C25H25ClN4/c1-17-7-6-12-29(14-17)24-23-21(19-8-4-3-5-9-19)15-30(25(23)28-16-27-24)20-11-10-18(2)22(26)13-20/h3-5,8-11,13,15-17H,6-7,12,14H2,1-2H3. The van der Waals surface area contributed by atoms with Crippen molar-refractivity contribution in [2.45, 2.75) is 26.7 Å². The van der Waals surface area contributed by atoms with Gasteiger partial charge in [-0.05, 0) is 48.9 Å². The number of anilines is 1. The highest BCUT2D eigenvalue weighted by Crippen LogP contribution is 2.38. The summed E-state index contributed by atoms with van der Waals surface area (Å²) in [5.41, 5.74) is 5.31. The van der Waals surface area contributed by atoms with Gasteiger partial charge in [-0.3, -0.25) is 0 Å². The van der Waals surface area contributed by atoms with Gasteiger partial charge < -0.3 is 9.47 Å². The monoisotopic (exact) mass is 416 g/mol. The summed E-state index contributed by atoms with van der Waals surface area (Å²) >= 11 is 6.45. The first-order chi connectivity index (χ1) is 14.6. The van der Waals surface area contributed by atoms with Crippen LogP contribution in [0.5, 0.6) is 0 Å². The van der Waals surface area contributed by atoms with Crippen molar-refractivity contribution < 1.29 is 0 Å². The third kappa shape index (κ3) is 3.35. The van der Waals surface area contributed by atoms with Crippen molar-refractivity contribution in [2.24, 2.45) is 5.92 Å². The van der Waals surface area contributed by atoms with Gasteiger partial charge in [0.25, 0.3) is 0 Å². The van der Waals surface area contributed by atoms with Gasteiger partial charge in [0.15, 0.2) is 5.65 Å². The van der Waals surface area contributed by atoms with E-state index in [1.165, 1.54) is 18.4 Å². The molecule has 4 nitrogen and oxygen atoms in total. The zero-order chi connectivity index (χ0) is 20.7. The van der Waals surface area contributed by atoms with E-state index in [1.807, 2.05) is 19.1 Å². The Kier molecular flexibility index (Phi) is 4.95. The molecule has 0 aliphatic carbocycles. The van der Waals surface area contributed by atoms with Crippen LogP contribution in [0.25, 0.3) is 27.8 Å². The Hall–Kier alpha value is -2.85. The number of nitrogens with zero attached hydrogens (tertiary/aromatic N) is 4. The van der Waals surface area contributed by atoms with Crippen LogP contribution in [0.15, 0.2) is 61.1 Å². The molecule has 1 atom stereocenters. The Morgan fingerprint density at radius 3 is 2.67 bits per heavy atom. The quantitative estimate of drug-likeness (QED) is 0.393. The first kappa shape index (κ1) is 19.1. The van der Waals surface area contributed by atoms with Gasteiger partial charge in [0.2, 0.25) is 0 Å². The lowest BCUT2D eigenvalue weighted by Crippen LogP contribution is -2.35. The van der Waals surface area contributed by atoms with Gasteiger partial charge in [-0.15, -0.1) is 0 Å². The van der Waals surface area contributed by atoms with Crippen LogP contribution in [0.4, 0.5) is 5.82 Å². The molecule has 30 heavy (non-hydrogen) atoms. The Morgan fingerprint density at radius 1 is 1.07 bits per heavy atom. The molecule has 4 aromatic rings. The van der Waals surface area contributed by atoms with Crippen molar-refractivity contribution in [3.05, 3.63) is 71.6 Å². The summed E-state index contributed by atoms with van der Waals surface area (Å²) in [6.45, 7) is 6.41. The largest absolute Gasteiger partial charge is 0.356 e. The minimum atomic E-state index is 0.668. The van der Waals surface area contributed by atoms with Crippen molar-refractivity contribution in [2.75, 3.05) is 18.0 Å². The maximum absolute atomic E-state index is 6.45. The molecule has 1 aliphatic heterocycles. The summed E-state index contributed by atoms with van der Waals surface area (Å²) in [5, 5.41) is 1.87. The van der Waals surface area contributed by atoms with Gasteiger partial charge >= 0.3 is 0 Å². The van der Waals surface area contributed by atoms with Crippen molar-refractivity contribution in [3.8, 4) is 16.8 Å². The van der Waals surface area contributed by atoms with Gasteiger partial charge in [0.05, 0.1) is 5.39 Å². The SMILES string of the molecule is Cc1ccc(-n2cc(-c3ccccc3)c3c(N4CCCC(C)C4)ncnc32)cc1Cl. The maximum Gasteiger partial charge on any atom is 0.150 e. The minimum Gasteiger partial charge on any atom is -0.356 e. The molecule has 3 heterocycles. The van der Waals surface area contributed by atoms with Crippen LogP contribution in [-0.2, 0) is 0 Å². The average molecular weight is 417 g/mol. The van der Waals surface area contributed by atoms with Crippen LogP contribution in [-0.4, -0.2) is 27.6 Å². The second-order valence-electron chi connectivity index (χ2n) is 8.30. The number of hydrogen-bond donors (Lipinski definition) is 0. The van der Waals surface area contributed by atoms with E-state index >= 15 is 0 Å². The van der Waals surface area contributed by atoms with E-state index in [4.69, 9.17) is 21.6 Å². The molecule has 2 aromatic heterocycles. The van der Waals surface area contributed by atoms with Crippen LogP contribution in [0.3, 0.4) is 0 Å². The van der Waals surface area contributed by atoms with E-state index in [0.29, 0.717) is 5.92 Å². The number of hydrogen-bond acceptors (Lipinski definition) is 3. The third-order valence-corrected chi connectivity index (χ3v) is 6.45. The van der Waals surface area contributed by atoms with Crippen LogP contribution >= 0.6 is 11.6 Å². The van der Waals surface area contributed by atoms with Crippen LogP contribution in [0, 0.1) is 12.8 Å². The molecule has 0 amide bonds. The molecular weight excluding hydrogens is 392 g/mol. The van der Waals surface area contributed by atoms with E-state index in [1.54, 1.807) is 6.33 Å². The third-order valence-electron chi connectivity index (χ3n) is 6.04. The lowest BCUT2D eigenvalue weighted by molar-refractivity contribution is 0.445. The lowest BCUT2D eigenvalue weighted by atomic mass is 9.99. The van der Waals surface area contributed by atoms with E-state index < -0.39 is 0 Å². The fourth-order valence-corrected chi connectivity index (χ4v) is 4.61. The molecule has 1 saturated heterocycles. The molecule has 1 unspecified atom stereocenters. The second-order valence-corrected chi connectivity index (χ2v) is 8.71. The molecule has 2 aromatic carbocycles. The summed E-state index contributed by atoms with van der Waals surface area (Å²) in [6, 6.07) is 16.7. The van der Waals surface area contributed by atoms with Crippen LogP contribution in [0.1, 0.15) is 25.3 Å². The number of piperidine rings is 1. The van der Waals surface area contributed by atoms with Gasteiger partial charge in [-0.1, -0.05) is 54.9 Å². The summed E-state index contributed by atoms with van der Waals surface area (Å²) in [4.78, 5) is 11.9. The highest BCUT2D eigenvalue weighted by Gasteiger charge is 2.24. The predicted molar refractivity (Wildman–Crippen MR) is 125 cm³/mol. The molecule has 0 N–H and O–H groups in total. The van der Waals surface area contributed by atoms with Crippen LogP contribution in [0.2, 0.25) is 5.02 Å². The van der Waals surface area contributed by atoms with Gasteiger partial charge in [-0.2, -0.15) is 0 Å². The normalized spacial score (nSPS) is 16.9. The van der Waals surface area contributed by atoms with Gasteiger partial charge in [0.1, 0.15) is 12.1 Å². The Morgan fingerprint density at radius 2 is 1.90 bits per heavy atom. The molecule has 1 fully saturated rings. The fourth-order valence-electron chi connectivity index (χ4n) is 4.43. The highest BCUT2D eigenvalue weighted by atomic mass is 35.5. The van der Waals surface area contributed by atoms with Crippen molar-refractivity contribution >= 4 is 28.5 Å². The molecule has 0 saturated carbocycles. The van der Waals surface area contributed by atoms with Gasteiger partial charge in [0, 0.05) is 35.6 Å². The minimum absolute atomic E-state index is 0.668. The summed E-state index contributed by atoms with van der Waals surface area (Å²) < 4.78 is 2.14. The smallest absolute Gasteiger partial charge is 0.150 e. The fraction of sp³-hybridized carbons (Fsp3) is 0.280. The predicted octanol–water partition coefficient (Wildman–Crippen LogP) is 6.29. The summed E-state index contributed by atoms with van der Waals surface area (Å²) in [7, 11) is 0. The Bertz CT molecular complexity index is 1200. The molecule has 152 valence electrons. The maximum atomic E-state index is 6.45. The Balaban J connectivity index is 1.77. The number of rotatable bonds is 3. The first-order valence-corrected chi connectivity index (χ1v) is 10.9. The highest BCUT2D eigenvalue weighted by molar-refractivity contribution is 6.31. The summed E-state index contributed by atoms with van der Waals surface area (Å²) in [5.74, 6) is 1.70. The van der Waals surface area contributed by atoms with E-state index in [0.717, 1.165) is 51.8 Å². The van der Waals surface area contributed by atoms with Crippen molar-refractivity contribution in [1.29, 1.82) is 0 Å². The van der Waals surface area contributed by atoms with Crippen LogP contribution < -0.4 is 4.90 Å². The van der Waals surface area contributed by atoms with E-state index in [9.17, 15) is 0 Å². The molecule has 5 rings (SSSR count). The van der Waals surface area contributed by atoms with Crippen molar-refractivity contribution in [3.63, 3.8) is 0 Å². The number of aryl methyl sites for hydroxylation is 1. The molecule has 0 bridgehead atoms. The molecular formula is C25H25ClN4. The molecule has 0 radical (unpaired) electrons. The number of fused-ring (bicyclic) bond motifs is 1. The first-order valence-electron chi connectivity index (χ1n) is 10.5.